The summed E-state index contributed by atoms with van der Waals surface area (Å²) in [5.41, 5.74) is 13.5. The summed E-state index contributed by atoms with van der Waals surface area (Å²) in [5, 5.41) is 5.50. The van der Waals surface area contributed by atoms with E-state index in [4.69, 9.17) is 34.7 Å². The number of nitrogens with zero attached hydrogens (tertiary/aromatic N) is 6. The van der Waals surface area contributed by atoms with E-state index >= 15 is 0 Å². The van der Waals surface area contributed by atoms with Crippen LogP contribution in [0.3, 0.4) is 0 Å². The second-order valence-electron chi connectivity index (χ2n) is 18.8. The molecule has 0 bridgehead atoms. The van der Waals surface area contributed by atoms with Crippen LogP contribution in [0.25, 0.3) is 11.1 Å². The first-order valence-electron chi connectivity index (χ1n) is 24.1. The number of amides is 4. The van der Waals surface area contributed by atoms with E-state index in [-0.39, 0.29) is 54.8 Å². The van der Waals surface area contributed by atoms with Gasteiger partial charge in [-0.05, 0) is 78.6 Å². The Labute approximate surface area is 414 Å². The first-order chi connectivity index (χ1) is 34.3. The second kappa shape index (κ2) is 20.8. The molecule has 0 spiro atoms. The molecule has 71 heavy (non-hydrogen) atoms. The Bertz CT molecular complexity index is 2820. The van der Waals surface area contributed by atoms with Gasteiger partial charge < -0.3 is 54.9 Å². The third-order valence-corrected chi connectivity index (χ3v) is 13.6. The van der Waals surface area contributed by atoms with Crippen LogP contribution < -0.4 is 40.2 Å². The maximum Gasteiger partial charge on any atom is 0.260 e. The van der Waals surface area contributed by atoms with Crippen molar-refractivity contribution in [2.45, 2.75) is 64.2 Å². The number of carbonyl (C=O) groups is 4. The van der Waals surface area contributed by atoms with Crippen LogP contribution in [0.5, 0.6) is 23.0 Å². The van der Waals surface area contributed by atoms with E-state index in [0.29, 0.717) is 70.4 Å². The van der Waals surface area contributed by atoms with Crippen molar-refractivity contribution < 1.29 is 38.1 Å². The molecule has 5 heterocycles. The van der Waals surface area contributed by atoms with Gasteiger partial charge in [0.1, 0.15) is 6.04 Å². The van der Waals surface area contributed by atoms with Crippen LogP contribution >= 0.6 is 0 Å². The number of aliphatic imine (C=N–C) groups is 2. The molecule has 4 amide bonds. The molecule has 1 fully saturated rings. The lowest BCUT2D eigenvalue weighted by atomic mass is 10.0. The van der Waals surface area contributed by atoms with Crippen LogP contribution in [-0.4, -0.2) is 136 Å². The molecule has 17 heteroatoms. The number of ether oxygens (including phenoxy) is 4. The quantitative estimate of drug-likeness (QED) is 0.102. The van der Waals surface area contributed by atoms with Crippen LogP contribution in [0.15, 0.2) is 95.2 Å². The monoisotopic (exact) mass is 963 g/mol. The van der Waals surface area contributed by atoms with Gasteiger partial charge in [0.15, 0.2) is 23.0 Å². The molecule has 0 saturated carbocycles. The SMILES string of the molecule is COc1cc2c(cc1OCCCOc1cc3c(cc1OC)C(=O)N1C=C(c4ccc(N5CCN(C)CC5)cc4)C[C@@H]1C=N3)N=C[C@H]1CC(c3ccc(NC(=O)[C@H](C)NC(=O)[C@@H](N)C(C)C)cc3)=CN1C2=O. The molecule has 4 atom stereocenters. The number of nitrogens with one attached hydrogen (secondary N) is 2. The predicted molar refractivity (Wildman–Crippen MR) is 275 cm³/mol. The molecule has 1 saturated heterocycles. The number of anilines is 2. The molecule has 4 N–H and O–H groups in total. The summed E-state index contributed by atoms with van der Waals surface area (Å²) in [4.78, 5) is 70.9. The molecule has 0 unspecified atom stereocenters. The molecule has 5 aliphatic heterocycles. The van der Waals surface area contributed by atoms with Crippen LogP contribution in [0, 0.1) is 5.92 Å². The van der Waals surface area contributed by atoms with Crippen molar-refractivity contribution in [3.8, 4) is 23.0 Å². The number of methoxy groups -OCH3 is 2. The second-order valence-corrected chi connectivity index (χ2v) is 18.8. The number of carbonyl (C=O) groups excluding carboxylic acids is 4. The standard InChI is InChI=1S/C54H61N9O8/c1-32(2)50(55)52(65)58-33(3)51(64)59-38-12-8-34(9-13-38)36-22-40-28-56-44-26-48(46(68-5)24-42(44)53(66)62(40)30-36)70-20-7-21-71-49-27-45-43(25-47(49)69-6)54(67)63-31-37(23-41(63)29-57-45)35-10-14-39(15-11-35)61-18-16-60(4)17-19-61/h8-15,24-33,40-41,50H,7,16-23,55H2,1-6H3,(H,58,65)(H,59,64)/t33-,40+,41+,50-/m0/s1. The molecular weight excluding hydrogens is 903 g/mol. The molecule has 0 aromatic heterocycles. The maximum absolute atomic E-state index is 14.0. The van der Waals surface area contributed by atoms with Gasteiger partial charge in [-0.3, -0.25) is 29.2 Å². The van der Waals surface area contributed by atoms with Crippen LogP contribution in [0.1, 0.15) is 71.9 Å². The minimum absolute atomic E-state index is 0.0595. The number of benzene rings is 4. The number of nitrogens with two attached hydrogens (primary N) is 1. The van der Waals surface area contributed by atoms with Crippen LogP contribution in [0.2, 0.25) is 0 Å². The van der Waals surface area contributed by atoms with Crippen LogP contribution in [0.4, 0.5) is 22.7 Å². The highest BCUT2D eigenvalue weighted by Crippen LogP contribution is 2.42. The highest BCUT2D eigenvalue weighted by molar-refractivity contribution is 6.07. The zero-order valence-electron chi connectivity index (χ0n) is 41.0. The van der Waals surface area contributed by atoms with E-state index < -0.39 is 12.1 Å². The lowest BCUT2D eigenvalue weighted by Crippen LogP contribution is -2.50. The molecule has 0 aliphatic carbocycles. The Morgan fingerprint density at radius 2 is 1.18 bits per heavy atom. The molecule has 4 aromatic rings. The number of likely N-dealkylation sites (N-methyl/N-ethyl adjacent to an activating group) is 1. The summed E-state index contributed by atoms with van der Waals surface area (Å²) >= 11 is 0. The maximum atomic E-state index is 14.0. The normalized spacial score (nSPS) is 19.1. The lowest BCUT2D eigenvalue weighted by molar-refractivity contribution is -0.127. The average Bonchev–Trinajstić information content (AvgIpc) is 3.96. The number of hydrogen-bond donors (Lipinski definition) is 3. The average molecular weight is 964 g/mol. The molecule has 4 aromatic carbocycles. The summed E-state index contributed by atoms with van der Waals surface area (Å²) < 4.78 is 23.8. The van der Waals surface area contributed by atoms with Gasteiger partial charge in [0.2, 0.25) is 11.8 Å². The van der Waals surface area contributed by atoms with Gasteiger partial charge in [-0.25, -0.2) is 0 Å². The topological polar surface area (TPSA) is 193 Å². The van der Waals surface area contributed by atoms with Gasteiger partial charge in [0, 0.05) is 93.8 Å². The fourth-order valence-electron chi connectivity index (χ4n) is 9.21. The van der Waals surface area contributed by atoms with Gasteiger partial charge in [0.05, 0.1) is 68.1 Å². The number of rotatable bonds is 16. The molecule has 0 radical (unpaired) electrons. The van der Waals surface area contributed by atoms with E-state index in [2.05, 4.69) is 51.7 Å². The minimum Gasteiger partial charge on any atom is -0.493 e. The highest BCUT2D eigenvalue weighted by Gasteiger charge is 2.35. The number of hydrogen-bond acceptors (Lipinski definition) is 13. The Balaban J connectivity index is 0.785. The van der Waals surface area contributed by atoms with Crippen LogP contribution in [-0.2, 0) is 9.59 Å². The molecular formula is C54H61N9O8. The third-order valence-electron chi connectivity index (χ3n) is 13.6. The van der Waals surface area contributed by atoms with E-state index in [1.165, 1.54) is 12.8 Å². The zero-order valence-corrected chi connectivity index (χ0v) is 41.0. The zero-order chi connectivity index (χ0) is 49.9. The van der Waals surface area contributed by atoms with E-state index in [0.717, 1.165) is 48.5 Å². The molecule has 9 rings (SSSR count). The van der Waals surface area contributed by atoms with Crippen molar-refractivity contribution in [2.75, 3.05) is 70.9 Å². The van der Waals surface area contributed by atoms with Crippen molar-refractivity contribution in [3.05, 3.63) is 107 Å². The van der Waals surface area contributed by atoms with E-state index in [1.807, 2.05) is 44.6 Å². The fraction of sp³-hybridized carbons (Fsp3) is 0.370. The molecule has 5 aliphatic rings. The highest BCUT2D eigenvalue weighted by atomic mass is 16.5. The molecule has 370 valence electrons. The van der Waals surface area contributed by atoms with Crippen molar-refractivity contribution in [1.29, 1.82) is 0 Å². The largest absolute Gasteiger partial charge is 0.493 e. The fourth-order valence-corrected chi connectivity index (χ4v) is 9.21. The Morgan fingerprint density at radius 3 is 1.66 bits per heavy atom. The van der Waals surface area contributed by atoms with Gasteiger partial charge in [0.25, 0.3) is 11.8 Å². The first kappa shape index (κ1) is 48.5. The van der Waals surface area contributed by atoms with Gasteiger partial charge in [-0.15, -0.1) is 0 Å². The summed E-state index contributed by atoms with van der Waals surface area (Å²) in [6.45, 7) is 9.95. The van der Waals surface area contributed by atoms with E-state index in [1.54, 1.807) is 66.4 Å². The van der Waals surface area contributed by atoms with Crippen molar-refractivity contribution >= 4 is 70.0 Å². The number of fused-ring (bicyclic) bond motifs is 4. The lowest BCUT2D eigenvalue weighted by Gasteiger charge is -2.34. The van der Waals surface area contributed by atoms with Gasteiger partial charge in [-0.2, -0.15) is 0 Å². The number of piperazine rings is 1. The first-order valence-corrected chi connectivity index (χ1v) is 24.1. The summed E-state index contributed by atoms with van der Waals surface area (Å²) in [6.07, 6.45) is 9.08. The Hall–Kier alpha value is -7.50. The van der Waals surface area contributed by atoms with Gasteiger partial charge in [-0.1, -0.05) is 38.1 Å². The summed E-state index contributed by atoms with van der Waals surface area (Å²) in [6, 6.07) is 20.8. The molecule has 17 nitrogen and oxygen atoms in total. The minimum atomic E-state index is -0.776. The third kappa shape index (κ3) is 10.4. The van der Waals surface area contributed by atoms with Crippen molar-refractivity contribution in [1.82, 2.24) is 20.0 Å². The Kier molecular flexibility index (Phi) is 14.2. The Morgan fingerprint density at radius 1 is 0.690 bits per heavy atom. The smallest absolute Gasteiger partial charge is 0.260 e. The van der Waals surface area contributed by atoms with Crippen molar-refractivity contribution in [3.63, 3.8) is 0 Å². The van der Waals surface area contributed by atoms with Crippen molar-refractivity contribution in [2.24, 2.45) is 21.6 Å². The van der Waals surface area contributed by atoms with E-state index in [9.17, 15) is 19.2 Å². The predicted octanol–water partition coefficient (Wildman–Crippen LogP) is 6.67. The summed E-state index contributed by atoms with van der Waals surface area (Å²) in [7, 11) is 5.22. The van der Waals surface area contributed by atoms with Gasteiger partial charge >= 0.3 is 0 Å². The summed E-state index contributed by atoms with van der Waals surface area (Å²) in [5.74, 6) is 0.534.